The maximum atomic E-state index is 12.0. The highest BCUT2D eigenvalue weighted by Gasteiger charge is 2.42. The molecule has 194 valence electrons. The molecule has 0 spiro atoms. The number of carbonyl (C=O) groups excluding carboxylic acids is 1. The van der Waals surface area contributed by atoms with E-state index >= 15 is 0 Å². The third-order valence-corrected chi connectivity index (χ3v) is 7.52. The fourth-order valence-corrected chi connectivity index (χ4v) is 5.51. The Bertz CT molecular complexity index is 1470. The number of benzene rings is 1. The second-order valence-electron chi connectivity index (χ2n) is 9.67. The number of aromatic nitrogens is 3. The summed E-state index contributed by atoms with van der Waals surface area (Å²) < 4.78 is 2.34. The fourth-order valence-electron chi connectivity index (χ4n) is 5.17. The molecule has 0 radical (unpaired) electrons. The molecular weight excluding hydrogens is 492 g/mol. The summed E-state index contributed by atoms with van der Waals surface area (Å²) in [6, 6.07) is 18.2. The van der Waals surface area contributed by atoms with Gasteiger partial charge in [0.05, 0.1) is 17.8 Å². The molecule has 7 nitrogen and oxygen atoms in total. The zero-order chi connectivity index (χ0) is 26.8. The van der Waals surface area contributed by atoms with Crippen LogP contribution in [0.4, 0.5) is 11.4 Å². The molecule has 2 N–H and O–H groups in total. The fraction of sp³-hybridized carbons (Fsp3) is 0.267. The van der Waals surface area contributed by atoms with E-state index in [0.29, 0.717) is 11.5 Å². The van der Waals surface area contributed by atoms with E-state index in [-0.39, 0.29) is 18.0 Å². The van der Waals surface area contributed by atoms with Crippen molar-refractivity contribution >= 4 is 34.6 Å². The Morgan fingerprint density at radius 1 is 1.05 bits per heavy atom. The maximum Gasteiger partial charge on any atom is 0.224 e. The normalized spacial score (nSPS) is 16.9. The molecule has 1 amide bonds. The van der Waals surface area contributed by atoms with Gasteiger partial charge in [0.2, 0.25) is 5.91 Å². The smallest absolute Gasteiger partial charge is 0.224 e. The lowest BCUT2D eigenvalue weighted by atomic mass is 9.96. The predicted octanol–water partition coefficient (Wildman–Crippen LogP) is 5.78. The van der Waals surface area contributed by atoms with Crippen LogP contribution in [0.1, 0.15) is 59.2 Å². The molecule has 1 saturated heterocycles. The van der Waals surface area contributed by atoms with Crippen molar-refractivity contribution in [3.8, 4) is 0 Å². The third-order valence-electron chi connectivity index (χ3n) is 7.20. The van der Waals surface area contributed by atoms with Crippen molar-refractivity contribution in [2.75, 3.05) is 10.2 Å². The lowest BCUT2D eigenvalue weighted by Gasteiger charge is -2.29. The highest BCUT2D eigenvalue weighted by molar-refractivity contribution is 7.80. The Labute approximate surface area is 228 Å². The van der Waals surface area contributed by atoms with Crippen LogP contribution in [-0.2, 0) is 11.3 Å². The van der Waals surface area contributed by atoms with Crippen LogP contribution in [0.25, 0.3) is 0 Å². The van der Waals surface area contributed by atoms with Crippen LogP contribution in [0.15, 0.2) is 73.2 Å². The molecule has 5 rings (SSSR count). The molecule has 38 heavy (non-hydrogen) atoms. The van der Waals surface area contributed by atoms with Gasteiger partial charge in [-0.25, -0.2) is 0 Å². The molecule has 1 aromatic carbocycles. The van der Waals surface area contributed by atoms with Crippen LogP contribution < -0.4 is 15.5 Å². The number of nitrogens with one attached hydrogen (secondary N) is 2. The zero-order valence-electron chi connectivity index (χ0n) is 22.1. The molecular formula is C30H32N6OS. The molecule has 0 aliphatic carbocycles. The molecule has 1 aliphatic heterocycles. The average Bonchev–Trinajstić information content (AvgIpc) is 3.41. The molecule has 1 aliphatic rings. The van der Waals surface area contributed by atoms with Gasteiger partial charge in [-0.3, -0.25) is 14.8 Å². The summed E-state index contributed by atoms with van der Waals surface area (Å²) in [5, 5.41) is 7.19. The predicted molar refractivity (Wildman–Crippen MR) is 155 cm³/mol. The number of thiocarbonyl (C=S) groups is 1. The van der Waals surface area contributed by atoms with Gasteiger partial charge in [-0.2, -0.15) is 0 Å². The molecule has 4 aromatic rings. The van der Waals surface area contributed by atoms with Gasteiger partial charge in [0.25, 0.3) is 0 Å². The summed E-state index contributed by atoms with van der Waals surface area (Å²) >= 11 is 5.93. The Kier molecular flexibility index (Phi) is 7.24. The van der Waals surface area contributed by atoms with Crippen LogP contribution in [0, 0.1) is 20.8 Å². The van der Waals surface area contributed by atoms with Crippen molar-refractivity contribution in [1.82, 2.24) is 19.9 Å². The van der Waals surface area contributed by atoms with E-state index in [9.17, 15) is 4.79 Å². The van der Waals surface area contributed by atoms with Crippen LogP contribution in [0.2, 0.25) is 0 Å². The molecule has 2 atom stereocenters. The zero-order valence-corrected chi connectivity index (χ0v) is 22.9. The van der Waals surface area contributed by atoms with Crippen LogP contribution in [-0.4, -0.2) is 25.6 Å². The van der Waals surface area contributed by atoms with Gasteiger partial charge in [0.1, 0.15) is 0 Å². The van der Waals surface area contributed by atoms with Gasteiger partial charge < -0.3 is 20.1 Å². The van der Waals surface area contributed by atoms with Crippen molar-refractivity contribution in [3.63, 3.8) is 0 Å². The number of carbonyl (C=O) groups is 1. The minimum Gasteiger partial charge on any atom is -0.351 e. The van der Waals surface area contributed by atoms with E-state index in [4.69, 9.17) is 12.2 Å². The monoisotopic (exact) mass is 524 g/mol. The van der Waals surface area contributed by atoms with Crippen molar-refractivity contribution < 1.29 is 4.79 Å². The molecule has 3 aromatic heterocycles. The Morgan fingerprint density at radius 3 is 2.53 bits per heavy atom. The lowest BCUT2D eigenvalue weighted by Crippen LogP contribution is -2.29. The number of rotatable bonds is 7. The first-order chi connectivity index (χ1) is 18.4. The van der Waals surface area contributed by atoms with E-state index in [1.165, 1.54) is 22.5 Å². The molecule has 1 fully saturated rings. The first-order valence-electron chi connectivity index (χ1n) is 12.8. The molecule has 4 heterocycles. The SMILES string of the molecule is CCC(=O)Nc1ccc(N2C(=S)N[C@@H](c3ccccn3)[C@@H]2c2cc(C)n(Cc3ccncc3)c2C)cc1C. The van der Waals surface area contributed by atoms with Crippen LogP contribution in [0.5, 0.6) is 0 Å². The van der Waals surface area contributed by atoms with E-state index in [2.05, 4.69) is 68.2 Å². The summed E-state index contributed by atoms with van der Waals surface area (Å²) in [5.74, 6) is -0.00561. The van der Waals surface area contributed by atoms with E-state index in [1.54, 1.807) is 0 Å². The molecule has 0 saturated carbocycles. The van der Waals surface area contributed by atoms with Crippen LogP contribution in [0.3, 0.4) is 0 Å². The second-order valence-corrected chi connectivity index (χ2v) is 10.1. The van der Waals surface area contributed by atoms with Crippen molar-refractivity contribution in [1.29, 1.82) is 0 Å². The standard InChI is InChI=1S/C30H32N6OS/c1-5-27(37)33-25-10-9-23(16-19(25)2)36-29(28(34-30(36)38)26-8-6-7-13-32-26)24-17-20(3)35(21(24)4)18-22-11-14-31-15-12-22/h6-17,28-29H,5,18H2,1-4H3,(H,33,37)(H,34,38)/t28-,29-/m0/s1. The molecule has 0 unspecified atom stereocenters. The van der Waals surface area contributed by atoms with Gasteiger partial charge in [-0.1, -0.05) is 13.0 Å². The largest absolute Gasteiger partial charge is 0.351 e. The number of hydrogen-bond acceptors (Lipinski definition) is 4. The Balaban J connectivity index is 1.59. The van der Waals surface area contributed by atoms with Gasteiger partial charge in [0.15, 0.2) is 5.11 Å². The second kappa shape index (κ2) is 10.8. The van der Waals surface area contributed by atoms with Crippen LogP contribution >= 0.6 is 12.2 Å². The van der Waals surface area contributed by atoms with Gasteiger partial charge in [-0.15, -0.1) is 0 Å². The minimum atomic E-state index is -0.127. The van der Waals surface area contributed by atoms with Crippen molar-refractivity contribution in [3.05, 3.63) is 107 Å². The summed E-state index contributed by atoms with van der Waals surface area (Å²) in [6.07, 6.45) is 5.92. The highest BCUT2D eigenvalue weighted by atomic mass is 32.1. The minimum absolute atomic E-state index is 0.00561. The first-order valence-corrected chi connectivity index (χ1v) is 13.2. The average molecular weight is 525 g/mol. The Hall–Kier alpha value is -4.04. The number of aryl methyl sites for hydroxylation is 2. The maximum absolute atomic E-state index is 12.0. The lowest BCUT2D eigenvalue weighted by molar-refractivity contribution is -0.115. The number of anilines is 2. The summed E-state index contributed by atoms with van der Waals surface area (Å²) in [7, 11) is 0. The number of hydrogen-bond donors (Lipinski definition) is 2. The molecule has 0 bridgehead atoms. The number of nitrogens with zero attached hydrogens (tertiary/aromatic N) is 4. The molecule has 8 heteroatoms. The van der Waals surface area contributed by atoms with Gasteiger partial charge in [0, 0.05) is 54.3 Å². The van der Waals surface area contributed by atoms with E-state index in [1.807, 2.05) is 62.8 Å². The Morgan fingerprint density at radius 2 is 1.84 bits per heavy atom. The van der Waals surface area contributed by atoms with Gasteiger partial charge in [-0.05, 0) is 98.2 Å². The van der Waals surface area contributed by atoms with Crippen molar-refractivity contribution in [2.24, 2.45) is 0 Å². The first kappa shape index (κ1) is 25.6. The van der Waals surface area contributed by atoms with E-state index < -0.39 is 0 Å². The van der Waals surface area contributed by atoms with Gasteiger partial charge >= 0.3 is 0 Å². The number of amides is 1. The third kappa shape index (κ3) is 4.91. The quantitative estimate of drug-likeness (QED) is 0.299. The highest BCUT2D eigenvalue weighted by Crippen LogP contribution is 2.44. The number of pyridine rings is 2. The van der Waals surface area contributed by atoms with E-state index in [0.717, 1.165) is 29.2 Å². The summed E-state index contributed by atoms with van der Waals surface area (Å²) in [4.78, 5) is 23.0. The summed E-state index contributed by atoms with van der Waals surface area (Å²) in [5.41, 5.74) is 8.46. The topological polar surface area (TPSA) is 75.1 Å². The summed E-state index contributed by atoms with van der Waals surface area (Å²) in [6.45, 7) is 8.94. The van der Waals surface area contributed by atoms with Crippen molar-refractivity contribution in [2.45, 2.75) is 52.7 Å².